The fourth-order valence-electron chi connectivity index (χ4n) is 3.59. The van der Waals surface area contributed by atoms with Crippen LogP contribution in [0.4, 0.5) is 5.69 Å². The molecule has 2 unspecified atom stereocenters. The topological polar surface area (TPSA) is 53.3 Å². The quantitative estimate of drug-likeness (QED) is 0.308. The lowest BCUT2D eigenvalue weighted by Crippen LogP contribution is -2.21. The van der Waals surface area contributed by atoms with Gasteiger partial charge in [0.05, 0.1) is 17.6 Å². The molecule has 0 aliphatic carbocycles. The van der Waals surface area contributed by atoms with Crippen molar-refractivity contribution < 1.29 is 9.53 Å². The minimum Gasteiger partial charge on any atom is -0.461 e. The summed E-state index contributed by atoms with van der Waals surface area (Å²) in [7, 11) is 4.01. The Kier molecular flexibility index (Phi) is 11.3. The lowest BCUT2D eigenvalue weighted by Gasteiger charge is -2.20. The Labute approximate surface area is 171 Å². The molecular formula is C24H38N2O2. The van der Waals surface area contributed by atoms with Crippen molar-refractivity contribution in [1.29, 1.82) is 5.26 Å². The third-order valence-corrected chi connectivity index (χ3v) is 5.44. The molecule has 0 amide bonds. The summed E-state index contributed by atoms with van der Waals surface area (Å²) in [6.07, 6.45) is 8.49. The van der Waals surface area contributed by atoms with E-state index in [1.165, 1.54) is 19.3 Å². The van der Waals surface area contributed by atoms with E-state index in [2.05, 4.69) is 32.9 Å². The molecule has 4 nitrogen and oxygen atoms in total. The smallest absolute Gasteiger partial charge is 0.338 e. The molecule has 156 valence electrons. The molecule has 0 heterocycles. The van der Waals surface area contributed by atoms with Crippen LogP contribution in [0.2, 0.25) is 0 Å². The van der Waals surface area contributed by atoms with Gasteiger partial charge in [-0.3, -0.25) is 0 Å². The minimum atomic E-state index is -0.303. The van der Waals surface area contributed by atoms with Crippen molar-refractivity contribution in [3.05, 3.63) is 29.3 Å². The summed E-state index contributed by atoms with van der Waals surface area (Å²) in [5, 5.41) is 9.51. The number of esters is 1. The van der Waals surface area contributed by atoms with Gasteiger partial charge in [0.1, 0.15) is 6.61 Å². The average molecular weight is 387 g/mol. The van der Waals surface area contributed by atoms with Crippen LogP contribution in [0.25, 0.3) is 0 Å². The van der Waals surface area contributed by atoms with E-state index in [0.717, 1.165) is 43.4 Å². The molecular weight excluding hydrogens is 348 g/mol. The molecule has 1 rings (SSSR count). The molecule has 0 fully saturated rings. The van der Waals surface area contributed by atoms with E-state index in [0.29, 0.717) is 5.56 Å². The maximum atomic E-state index is 12.8. The van der Waals surface area contributed by atoms with Gasteiger partial charge in [-0.15, -0.1) is 0 Å². The second kappa shape index (κ2) is 13.2. The predicted octanol–water partition coefficient (Wildman–Crippen LogP) is 6.00. The molecule has 0 aliphatic rings. The molecule has 0 saturated carbocycles. The summed E-state index contributed by atoms with van der Waals surface area (Å²) in [6.45, 7) is 6.60. The third-order valence-electron chi connectivity index (χ3n) is 5.44. The first-order valence-corrected chi connectivity index (χ1v) is 10.8. The normalized spacial score (nSPS) is 12.9. The SMILES string of the molecule is CCCCCCc1cc(N(C)C)ccc1C(=O)OCC(C#N)C(CC)CCC. The summed E-state index contributed by atoms with van der Waals surface area (Å²) < 4.78 is 5.60. The first kappa shape index (κ1) is 24.0. The van der Waals surface area contributed by atoms with Crippen molar-refractivity contribution in [2.24, 2.45) is 11.8 Å². The molecule has 0 N–H and O–H groups in total. The van der Waals surface area contributed by atoms with E-state index in [1.54, 1.807) is 0 Å². The number of aryl methyl sites for hydroxylation is 1. The fourth-order valence-corrected chi connectivity index (χ4v) is 3.59. The Balaban J connectivity index is 2.88. The van der Waals surface area contributed by atoms with Gasteiger partial charge in [-0.25, -0.2) is 4.79 Å². The first-order valence-electron chi connectivity index (χ1n) is 10.8. The average Bonchev–Trinajstić information content (AvgIpc) is 2.70. The number of carbonyl (C=O) groups is 1. The number of nitrogens with zero attached hydrogens (tertiary/aromatic N) is 2. The van der Waals surface area contributed by atoms with Crippen LogP contribution in [0, 0.1) is 23.2 Å². The zero-order valence-electron chi connectivity index (χ0n) is 18.5. The largest absolute Gasteiger partial charge is 0.461 e. The number of rotatable bonds is 13. The number of nitriles is 1. The lowest BCUT2D eigenvalue weighted by molar-refractivity contribution is 0.0429. The maximum absolute atomic E-state index is 12.8. The predicted molar refractivity (Wildman–Crippen MR) is 117 cm³/mol. The highest BCUT2D eigenvalue weighted by Gasteiger charge is 2.22. The zero-order valence-corrected chi connectivity index (χ0v) is 18.5. The van der Waals surface area contributed by atoms with Crippen molar-refractivity contribution in [3.8, 4) is 6.07 Å². The fraction of sp³-hybridized carbons (Fsp3) is 0.667. The van der Waals surface area contributed by atoms with Crippen LogP contribution in [0.3, 0.4) is 0 Å². The maximum Gasteiger partial charge on any atom is 0.338 e. The summed E-state index contributed by atoms with van der Waals surface area (Å²) in [5.41, 5.74) is 2.77. The highest BCUT2D eigenvalue weighted by molar-refractivity contribution is 5.91. The summed E-state index contributed by atoms with van der Waals surface area (Å²) in [4.78, 5) is 14.8. The number of carbonyl (C=O) groups excluding carboxylic acids is 1. The molecule has 0 aromatic heterocycles. The van der Waals surface area contributed by atoms with Gasteiger partial charge in [0.15, 0.2) is 0 Å². The van der Waals surface area contributed by atoms with Crippen LogP contribution >= 0.6 is 0 Å². The van der Waals surface area contributed by atoms with Gasteiger partial charge in [0.25, 0.3) is 0 Å². The molecule has 1 aromatic carbocycles. The first-order chi connectivity index (χ1) is 13.5. The summed E-state index contributed by atoms with van der Waals surface area (Å²) in [6, 6.07) is 8.27. The van der Waals surface area contributed by atoms with Crippen molar-refractivity contribution in [1.82, 2.24) is 0 Å². The number of unbranched alkanes of at least 4 members (excludes halogenated alkanes) is 3. The molecule has 0 spiro atoms. The summed E-state index contributed by atoms with van der Waals surface area (Å²) >= 11 is 0. The van der Waals surface area contributed by atoms with Gasteiger partial charge >= 0.3 is 5.97 Å². The van der Waals surface area contributed by atoms with Crippen LogP contribution in [-0.4, -0.2) is 26.7 Å². The number of benzene rings is 1. The second-order valence-electron chi connectivity index (χ2n) is 7.84. The van der Waals surface area contributed by atoms with Gasteiger partial charge in [-0.1, -0.05) is 52.9 Å². The van der Waals surface area contributed by atoms with Gasteiger partial charge in [-0.2, -0.15) is 5.26 Å². The Bertz CT molecular complexity index is 634. The Hall–Kier alpha value is -2.02. The van der Waals surface area contributed by atoms with Crippen LogP contribution in [0.5, 0.6) is 0 Å². The standard InChI is InChI=1S/C24H38N2O2/c1-6-9-10-11-13-20-16-22(26(4)5)14-15-23(20)24(27)28-18-21(17-25)19(8-3)12-7-2/h14-16,19,21H,6-13,18H2,1-5H3. The Morgan fingerprint density at radius 2 is 1.89 bits per heavy atom. The van der Waals surface area contributed by atoms with Crippen molar-refractivity contribution in [2.75, 3.05) is 25.6 Å². The van der Waals surface area contributed by atoms with E-state index < -0.39 is 0 Å². The monoisotopic (exact) mass is 386 g/mol. The minimum absolute atomic E-state index is 0.179. The zero-order chi connectivity index (χ0) is 20.9. The van der Waals surface area contributed by atoms with Crippen LogP contribution in [-0.2, 0) is 11.2 Å². The number of hydrogen-bond donors (Lipinski definition) is 0. The van der Waals surface area contributed by atoms with E-state index in [4.69, 9.17) is 4.74 Å². The van der Waals surface area contributed by atoms with Gasteiger partial charge in [0, 0.05) is 19.8 Å². The highest BCUT2D eigenvalue weighted by atomic mass is 16.5. The highest BCUT2D eigenvalue weighted by Crippen LogP contribution is 2.24. The molecule has 0 radical (unpaired) electrons. The van der Waals surface area contributed by atoms with Crippen LogP contribution in [0.15, 0.2) is 18.2 Å². The van der Waals surface area contributed by atoms with Crippen molar-refractivity contribution >= 4 is 11.7 Å². The number of anilines is 1. The Morgan fingerprint density at radius 1 is 1.14 bits per heavy atom. The van der Waals surface area contributed by atoms with Gasteiger partial charge in [-0.05, 0) is 48.9 Å². The van der Waals surface area contributed by atoms with Gasteiger partial charge in [0.2, 0.25) is 0 Å². The van der Waals surface area contributed by atoms with Crippen molar-refractivity contribution in [3.63, 3.8) is 0 Å². The molecule has 0 saturated heterocycles. The molecule has 28 heavy (non-hydrogen) atoms. The van der Waals surface area contributed by atoms with E-state index in [-0.39, 0.29) is 24.4 Å². The van der Waals surface area contributed by atoms with Crippen LogP contribution in [0.1, 0.15) is 81.6 Å². The molecule has 1 aromatic rings. The number of hydrogen-bond acceptors (Lipinski definition) is 4. The van der Waals surface area contributed by atoms with Gasteiger partial charge < -0.3 is 9.64 Å². The second-order valence-corrected chi connectivity index (χ2v) is 7.84. The van der Waals surface area contributed by atoms with E-state index in [9.17, 15) is 10.1 Å². The number of ether oxygens (including phenoxy) is 1. The van der Waals surface area contributed by atoms with E-state index in [1.807, 2.05) is 31.1 Å². The third kappa shape index (κ3) is 7.54. The molecule has 4 heteroatoms. The molecule has 0 aliphatic heterocycles. The van der Waals surface area contributed by atoms with Crippen molar-refractivity contribution in [2.45, 2.75) is 72.1 Å². The molecule has 0 bridgehead atoms. The van der Waals surface area contributed by atoms with Crippen LogP contribution < -0.4 is 4.90 Å². The molecule has 2 atom stereocenters. The Morgan fingerprint density at radius 3 is 2.46 bits per heavy atom. The van der Waals surface area contributed by atoms with E-state index >= 15 is 0 Å². The lowest BCUT2D eigenvalue weighted by atomic mass is 9.88. The summed E-state index contributed by atoms with van der Waals surface area (Å²) in [5.74, 6) is -0.252.